The number of benzene rings is 1. The molecule has 19 heavy (non-hydrogen) atoms. The predicted octanol–water partition coefficient (Wildman–Crippen LogP) is 3.87. The second kappa shape index (κ2) is 4.80. The Kier molecular flexibility index (Phi) is 3.27. The first-order valence-electron chi connectivity index (χ1n) is 7.00. The average molecular weight is 278 g/mol. The number of para-hydroxylation sites is 1. The van der Waals surface area contributed by atoms with Gasteiger partial charge in [-0.15, -0.1) is 0 Å². The highest BCUT2D eigenvalue weighted by molar-refractivity contribution is 6.35. The van der Waals surface area contributed by atoms with E-state index in [9.17, 15) is 0 Å². The number of hydrogen-bond donors (Lipinski definition) is 1. The van der Waals surface area contributed by atoms with Gasteiger partial charge < -0.3 is 10.3 Å². The maximum Gasteiger partial charge on any atom is 0.113 e. The zero-order valence-corrected chi connectivity index (χ0v) is 12.2. The molecule has 0 amide bonds. The van der Waals surface area contributed by atoms with Crippen LogP contribution >= 0.6 is 11.6 Å². The van der Waals surface area contributed by atoms with Crippen LogP contribution in [0, 0.1) is 0 Å². The molecule has 1 aliphatic carbocycles. The molecule has 0 spiro atoms. The van der Waals surface area contributed by atoms with Crippen LogP contribution in [0.4, 0.5) is 0 Å². The first-order valence-corrected chi connectivity index (χ1v) is 7.37. The Morgan fingerprint density at radius 2 is 2.16 bits per heavy atom. The molecular weight excluding hydrogens is 258 g/mol. The van der Waals surface area contributed by atoms with E-state index in [0.717, 1.165) is 41.1 Å². The molecule has 0 radical (unpaired) electrons. The number of aromatic nitrogens is 2. The maximum atomic E-state index is 6.37. The molecule has 102 valence electrons. The van der Waals surface area contributed by atoms with E-state index in [2.05, 4.69) is 18.4 Å². The third kappa shape index (κ3) is 2.15. The van der Waals surface area contributed by atoms with E-state index in [1.165, 1.54) is 0 Å². The molecule has 3 nitrogen and oxygen atoms in total. The molecule has 0 bridgehead atoms. The lowest BCUT2D eigenvalue weighted by Crippen LogP contribution is -2.16. The summed E-state index contributed by atoms with van der Waals surface area (Å²) in [5, 5.41) is 0.784. The van der Waals surface area contributed by atoms with Gasteiger partial charge in [-0.05, 0) is 45.2 Å². The highest BCUT2D eigenvalue weighted by Gasteiger charge is 2.29. The van der Waals surface area contributed by atoms with Crippen molar-refractivity contribution in [3.05, 3.63) is 29.0 Å². The number of hydrogen-bond acceptors (Lipinski definition) is 2. The van der Waals surface area contributed by atoms with E-state index in [1.54, 1.807) is 0 Å². The molecule has 1 aromatic carbocycles. The van der Waals surface area contributed by atoms with Gasteiger partial charge in [0.15, 0.2) is 0 Å². The van der Waals surface area contributed by atoms with E-state index in [1.807, 2.05) is 18.2 Å². The van der Waals surface area contributed by atoms with Crippen molar-refractivity contribution in [3.8, 4) is 0 Å². The average Bonchev–Trinajstić information content (AvgIpc) is 2.92. The van der Waals surface area contributed by atoms with Gasteiger partial charge in [-0.2, -0.15) is 0 Å². The molecule has 1 saturated carbocycles. The van der Waals surface area contributed by atoms with Crippen LogP contribution in [0.25, 0.3) is 11.0 Å². The van der Waals surface area contributed by atoms with E-state index in [-0.39, 0.29) is 0 Å². The molecule has 1 fully saturated rings. The van der Waals surface area contributed by atoms with Crippen LogP contribution in [-0.2, 0) is 0 Å². The summed E-state index contributed by atoms with van der Waals surface area (Å²) in [4.78, 5) is 4.83. The van der Waals surface area contributed by atoms with Crippen molar-refractivity contribution in [3.63, 3.8) is 0 Å². The number of fused-ring (bicyclic) bond motifs is 1. The molecule has 2 atom stereocenters. The zero-order chi connectivity index (χ0) is 13.6. The van der Waals surface area contributed by atoms with Gasteiger partial charge in [-0.1, -0.05) is 17.7 Å². The summed E-state index contributed by atoms with van der Waals surface area (Å²) in [7, 11) is 0. The van der Waals surface area contributed by atoms with Crippen molar-refractivity contribution in [2.24, 2.45) is 5.73 Å². The molecule has 1 aromatic heterocycles. The van der Waals surface area contributed by atoms with Crippen LogP contribution in [0.3, 0.4) is 0 Å². The fourth-order valence-corrected chi connectivity index (χ4v) is 3.45. The van der Waals surface area contributed by atoms with Crippen LogP contribution in [0.15, 0.2) is 18.2 Å². The Bertz CT molecular complexity index is 603. The lowest BCUT2D eigenvalue weighted by Gasteiger charge is -2.17. The van der Waals surface area contributed by atoms with Crippen molar-refractivity contribution in [1.82, 2.24) is 9.55 Å². The van der Waals surface area contributed by atoms with Gasteiger partial charge in [0.1, 0.15) is 5.82 Å². The molecule has 1 heterocycles. The van der Waals surface area contributed by atoms with E-state index in [4.69, 9.17) is 22.3 Å². The number of nitrogens with zero attached hydrogens (tertiary/aromatic N) is 2. The molecule has 2 N–H and O–H groups in total. The zero-order valence-electron chi connectivity index (χ0n) is 11.4. The molecule has 0 saturated heterocycles. The molecule has 2 aromatic rings. The summed E-state index contributed by atoms with van der Waals surface area (Å²) in [5.41, 5.74) is 8.11. The minimum atomic E-state index is 0.320. The lowest BCUT2D eigenvalue weighted by atomic mass is 10.1. The number of nitrogens with two attached hydrogens (primary N) is 1. The summed E-state index contributed by atoms with van der Waals surface area (Å²) in [6, 6.07) is 6.62. The van der Waals surface area contributed by atoms with Gasteiger partial charge in [0.05, 0.1) is 16.1 Å². The van der Waals surface area contributed by atoms with Gasteiger partial charge >= 0.3 is 0 Å². The van der Waals surface area contributed by atoms with Gasteiger partial charge in [0.2, 0.25) is 0 Å². The van der Waals surface area contributed by atoms with E-state index in [0.29, 0.717) is 18.0 Å². The van der Waals surface area contributed by atoms with Crippen molar-refractivity contribution in [2.45, 2.75) is 51.1 Å². The quantitative estimate of drug-likeness (QED) is 0.906. The first kappa shape index (κ1) is 12.9. The predicted molar refractivity (Wildman–Crippen MR) is 79.7 cm³/mol. The Labute approximate surface area is 118 Å². The van der Waals surface area contributed by atoms with Crippen molar-refractivity contribution < 1.29 is 0 Å². The van der Waals surface area contributed by atoms with Crippen LogP contribution in [0.5, 0.6) is 0 Å². The third-order valence-electron chi connectivity index (χ3n) is 4.04. The molecular formula is C15H20ClN3. The van der Waals surface area contributed by atoms with Gasteiger partial charge in [0, 0.05) is 18.0 Å². The Morgan fingerprint density at radius 3 is 2.79 bits per heavy atom. The Hall–Kier alpha value is -1.06. The molecule has 0 aliphatic heterocycles. The fourth-order valence-electron chi connectivity index (χ4n) is 3.19. The maximum absolute atomic E-state index is 6.37. The normalized spacial score (nSPS) is 23.6. The molecule has 0 unspecified atom stereocenters. The second-order valence-electron chi connectivity index (χ2n) is 5.81. The molecule has 1 aliphatic rings. The third-order valence-corrected chi connectivity index (χ3v) is 4.35. The van der Waals surface area contributed by atoms with Crippen LogP contribution in [0.2, 0.25) is 5.02 Å². The molecule has 3 rings (SSSR count). The smallest absolute Gasteiger partial charge is 0.113 e. The van der Waals surface area contributed by atoms with Gasteiger partial charge in [-0.3, -0.25) is 0 Å². The van der Waals surface area contributed by atoms with Crippen LogP contribution in [0.1, 0.15) is 50.9 Å². The summed E-state index contributed by atoms with van der Waals surface area (Å²) in [6.45, 7) is 4.37. The second-order valence-corrected chi connectivity index (χ2v) is 6.22. The SMILES string of the molecule is CC(C)n1c([C@@H]2CC[C@H](N)C2)nc2cccc(Cl)c21. The summed E-state index contributed by atoms with van der Waals surface area (Å²) in [6.07, 6.45) is 3.27. The van der Waals surface area contributed by atoms with Crippen LogP contribution in [-0.4, -0.2) is 15.6 Å². The number of halogens is 1. The van der Waals surface area contributed by atoms with Crippen molar-refractivity contribution in [2.75, 3.05) is 0 Å². The van der Waals surface area contributed by atoms with Gasteiger partial charge in [-0.25, -0.2) is 4.98 Å². The van der Waals surface area contributed by atoms with E-state index >= 15 is 0 Å². The fraction of sp³-hybridized carbons (Fsp3) is 0.533. The Morgan fingerprint density at radius 1 is 1.37 bits per heavy atom. The van der Waals surface area contributed by atoms with Crippen molar-refractivity contribution >= 4 is 22.6 Å². The van der Waals surface area contributed by atoms with Gasteiger partial charge in [0.25, 0.3) is 0 Å². The first-order chi connectivity index (χ1) is 9.08. The highest BCUT2D eigenvalue weighted by Crippen LogP contribution is 2.37. The lowest BCUT2D eigenvalue weighted by molar-refractivity contribution is 0.536. The summed E-state index contributed by atoms with van der Waals surface area (Å²) < 4.78 is 2.29. The summed E-state index contributed by atoms with van der Waals surface area (Å²) >= 11 is 6.37. The van der Waals surface area contributed by atoms with E-state index < -0.39 is 0 Å². The minimum absolute atomic E-state index is 0.320. The number of imidazole rings is 1. The number of rotatable bonds is 2. The largest absolute Gasteiger partial charge is 0.328 e. The van der Waals surface area contributed by atoms with Crippen molar-refractivity contribution in [1.29, 1.82) is 0 Å². The summed E-state index contributed by atoms with van der Waals surface area (Å²) in [5.74, 6) is 1.63. The monoisotopic (exact) mass is 277 g/mol. The Balaban J connectivity index is 2.18. The van der Waals surface area contributed by atoms with Crippen LogP contribution < -0.4 is 5.73 Å². The standard InChI is InChI=1S/C15H20ClN3/c1-9(2)19-14-12(16)4-3-5-13(14)18-15(19)10-6-7-11(17)8-10/h3-5,9-11H,6-8,17H2,1-2H3/t10-,11+/m1/s1. The minimum Gasteiger partial charge on any atom is -0.328 e. The molecule has 4 heteroatoms. The highest BCUT2D eigenvalue weighted by atomic mass is 35.5. The topological polar surface area (TPSA) is 43.8 Å².